The second kappa shape index (κ2) is 10.4. The van der Waals surface area contributed by atoms with Gasteiger partial charge in [-0.15, -0.1) is 0 Å². The molecule has 0 unspecified atom stereocenters. The summed E-state index contributed by atoms with van der Waals surface area (Å²) < 4.78 is 5.68. The van der Waals surface area contributed by atoms with Gasteiger partial charge in [-0.2, -0.15) is 0 Å². The Hall–Kier alpha value is -1.43. The van der Waals surface area contributed by atoms with Crippen LogP contribution < -0.4 is 5.32 Å². The Morgan fingerprint density at radius 3 is 2.43 bits per heavy atom. The molecule has 0 saturated carbocycles. The van der Waals surface area contributed by atoms with Gasteiger partial charge in [0.2, 0.25) is 5.91 Å². The minimum atomic E-state index is 0.121. The first-order chi connectivity index (χ1) is 13.6. The molecule has 28 heavy (non-hydrogen) atoms. The fourth-order valence-corrected chi connectivity index (χ4v) is 4.72. The molecule has 2 heterocycles. The van der Waals surface area contributed by atoms with Gasteiger partial charge in [-0.1, -0.05) is 32.0 Å². The van der Waals surface area contributed by atoms with Crippen molar-refractivity contribution < 1.29 is 9.53 Å². The molecule has 0 aliphatic carbocycles. The molecule has 0 spiro atoms. The zero-order valence-electron chi connectivity index (χ0n) is 17.7. The summed E-state index contributed by atoms with van der Waals surface area (Å²) in [5.41, 5.74) is 1.10. The molecule has 1 aromatic rings. The van der Waals surface area contributed by atoms with Gasteiger partial charge in [-0.05, 0) is 43.7 Å². The summed E-state index contributed by atoms with van der Waals surface area (Å²) in [6, 6.07) is 9.74. The molecule has 0 atom stereocenters. The molecule has 2 saturated heterocycles. The van der Waals surface area contributed by atoms with Gasteiger partial charge >= 0.3 is 0 Å². The largest absolute Gasteiger partial charge is 0.381 e. The van der Waals surface area contributed by atoms with Crippen LogP contribution in [0.2, 0.25) is 0 Å². The number of anilines is 1. The predicted octanol–water partition coefficient (Wildman–Crippen LogP) is 3.62. The first-order valence-electron chi connectivity index (χ1n) is 11.0. The standard InChI is InChI=1S/C23H37N3O2/c1-20(2)19-25-13-15-26(16-14-25)23(11-17-28-18-12-23)10-6-9-22(27)24-21-7-4-3-5-8-21/h3-5,7-8,20H,6,9-19H2,1-2H3,(H,24,27). The lowest BCUT2D eigenvalue weighted by molar-refractivity contribution is -0.116. The number of nitrogens with one attached hydrogen (secondary N) is 1. The summed E-state index contributed by atoms with van der Waals surface area (Å²) in [6.07, 6.45) is 4.80. The molecule has 3 rings (SSSR count). The summed E-state index contributed by atoms with van der Waals surface area (Å²) in [5, 5.41) is 3.01. The zero-order valence-corrected chi connectivity index (χ0v) is 17.7. The summed E-state index contributed by atoms with van der Waals surface area (Å²) in [4.78, 5) is 17.6. The molecule has 2 aliphatic rings. The van der Waals surface area contributed by atoms with E-state index >= 15 is 0 Å². The van der Waals surface area contributed by atoms with E-state index in [2.05, 4.69) is 29.0 Å². The van der Waals surface area contributed by atoms with Crippen LogP contribution in [0, 0.1) is 5.92 Å². The van der Waals surface area contributed by atoms with E-state index in [1.807, 2.05) is 30.3 Å². The molecular formula is C23H37N3O2. The van der Waals surface area contributed by atoms with Crippen LogP contribution in [0.5, 0.6) is 0 Å². The number of benzene rings is 1. The van der Waals surface area contributed by atoms with E-state index in [-0.39, 0.29) is 11.4 Å². The van der Waals surface area contributed by atoms with Gasteiger partial charge in [-0.25, -0.2) is 0 Å². The summed E-state index contributed by atoms with van der Waals surface area (Å²) >= 11 is 0. The number of rotatable bonds is 8. The van der Waals surface area contributed by atoms with Crippen molar-refractivity contribution in [2.24, 2.45) is 5.92 Å². The van der Waals surface area contributed by atoms with E-state index in [9.17, 15) is 4.79 Å². The quantitative estimate of drug-likeness (QED) is 0.740. The topological polar surface area (TPSA) is 44.8 Å². The Bertz CT molecular complexity index is 591. The Balaban J connectivity index is 1.50. The molecule has 2 fully saturated rings. The maximum Gasteiger partial charge on any atom is 0.224 e. The maximum absolute atomic E-state index is 12.3. The van der Waals surface area contributed by atoms with E-state index in [4.69, 9.17) is 4.74 Å². The van der Waals surface area contributed by atoms with Gasteiger partial charge < -0.3 is 15.0 Å². The van der Waals surface area contributed by atoms with Crippen molar-refractivity contribution in [2.45, 2.75) is 51.5 Å². The fourth-order valence-electron chi connectivity index (χ4n) is 4.72. The number of ether oxygens (including phenoxy) is 1. The third kappa shape index (κ3) is 6.03. The van der Waals surface area contributed by atoms with Crippen LogP contribution in [0.3, 0.4) is 0 Å². The van der Waals surface area contributed by atoms with Crippen LogP contribution in [-0.2, 0) is 9.53 Å². The van der Waals surface area contributed by atoms with E-state index in [0.29, 0.717) is 6.42 Å². The number of para-hydroxylation sites is 1. The van der Waals surface area contributed by atoms with E-state index in [0.717, 1.165) is 76.7 Å². The molecule has 1 aromatic carbocycles. The molecule has 5 heteroatoms. The molecule has 1 amide bonds. The third-order valence-corrected chi connectivity index (χ3v) is 6.19. The Labute approximate surface area is 170 Å². The molecule has 0 bridgehead atoms. The van der Waals surface area contributed by atoms with Crippen LogP contribution in [-0.4, -0.2) is 67.2 Å². The Kier molecular flexibility index (Phi) is 7.89. The Morgan fingerprint density at radius 2 is 1.79 bits per heavy atom. The van der Waals surface area contributed by atoms with Crippen molar-refractivity contribution in [1.82, 2.24) is 9.80 Å². The maximum atomic E-state index is 12.3. The number of carbonyl (C=O) groups excluding carboxylic acids is 1. The number of carbonyl (C=O) groups is 1. The van der Waals surface area contributed by atoms with Crippen LogP contribution in [0.1, 0.15) is 46.0 Å². The van der Waals surface area contributed by atoms with Gasteiger partial charge in [-0.3, -0.25) is 9.69 Å². The van der Waals surface area contributed by atoms with Gasteiger partial charge in [0.25, 0.3) is 0 Å². The highest BCUT2D eigenvalue weighted by Crippen LogP contribution is 2.34. The minimum Gasteiger partial charge on any atom is -0.381 e. The highest BCUT2D eigenvalue weighted by Gasteiger charge is 2.39. The van der Waals surface area contributed by atoms with Gasteiger partial charge in [0.15, 0.2) is 0 Å². The third-order valence-electron chi connectivity index (χ3n) is 6.19. The van der Waals surface area contributed by atoms with Gasteiger partial charge in [0, 0.05) is 63.6 Å². The van der Waals surface area contributed by atoms with E-state index < -0.39 is 0 Å². The average Bonchev–Trinajstić information content (AvgIpc) is 2.69. The van der Waals surface area contributed by atoms with Crippen molar-refractivity contribution in [3.63, 3.8) is 0 Å². The first kappa shape index (κ1) is 21.3. The predicted molar refractivity (Wildman–Crippen MR) is 115 cm³/mol. The average molecular weight is 388 g/mol. The van der Waals surface area contributed by atoms with E-state index in [1.165, 1.54) is 6.54 Å². The normalized spacial score (nSPS) is 21.0. The zero-order chi connectivity index (χ0) is 19.8. The number of nitrogens with zero attached hydrogens (tertiary/aromatic N) is 2. The number of hydrogen-bond acceptors (Lipinski definition) is 4. The molecule has 0 radical (unpaired) electrons. The van der Waals surface area contributed by atoms with Gasteiger partial charge in [0.1, 0.15) is 0 Å². The lowest BCUT2D eigenvalue weighted by Crippen LogP contribution is -2.59. The molecule has 2 aliphatic heterocycles. The highest BCUT2D eigenvalue weighted by atomic mass is 16.5. The van der Waals surface area contributed by atoms with Crippen molar-refractivity contribution in [2.75, 3.05) is 51.3 Å². The molecule has 0 aromatic heterocycles. The first-order valence-corrected chi connectivity index (χ1v) is 11.0. The molecular weight excluding hydrogens is 350 g/mol. The van der Waals surface area contributed by atoms with Crippen LogP contribution in [0.25, 0.3) is 0 Å². The van der Waals surface area contributed by atoms with Crippen LogP contribution in [0.4, 0.5) is 5.69 Å². The number of piperazine rings is 1. The van der Waals surface area contributed by atoms with Crippen molar-refractivity contribution >= 4 is 11.6 Å². The second-order valence-electron chi connectivity index (χ2n) is 8.79. The number of amides is 1. The monoisotopic (exact) mass is 387 g/mol. The SMILES string of the molecule is CC(C)CN1CCN(C2(CCCC(=O)Nc3ccccc3)CCOCC2)CC1. The summed E-state index contributed by atoms with van der Waals surface area (Å²) in [5.74, 6) is 0.849. The van der Waals surface area contributed by atoms with E-state index in [1.54, 1.807) is 0 Å². The van der Waals surface area contributed by atoms with Crippen LogP contribution in [0.15, 0.2) is 30.3 Å². The minimum absolute atomic E-state index is 0.121. The lowest BCUT2D eigenvalue weighted by Gasteiger charge is -2.50. The molecule has 5 nitrogen and oxygen atoms in total. The second-order valence-corrected chi connectivity index (χ2v) is 8.79. The molecule has 156 valence electrons. The van der Waals surface area contributed by atoms with Gasteiger partial charge in [0.05, 0.1) is 0 Å². The summed E-state index contributed by atoms with van der Waals surface area (Å²) in [6.45, 7) is 12.1. The number of hydrogen-bond donors (Lipinski definition) is 1. The fraction of sp³-hybridized carbons (Fsp3) is 0.696. The van der Waals surface area contributed by atoms with Crippen molar-refractivity contribution in [1.29, 1.82) is 0 Å². The van der Waals surface area contributed by atoms with Crippen molar-refractivity contribution in [3.05, 3.63) is 30.3 Å². The highest BCUT2D eigenvalue weighted by molar-refractivity contribution is 5.90. The Morgan fingerprint density at radius 1 is 1.11 bits per heavy atom. The van der Waals surface area contributed by atoms with Crippen LogP contribution >= 0.6 is 0 Å². The smallest absolute Gasteiger partial charge is 0.224 e. The summed E-state index contributed by atoms with van der Waals surface area (Å²) in [7, 11) is 0. The van der Waals surface area contributed by atoms with Crippen molar-refractivity contribution in [3.8, 4) is 0 Å². The molecule has 1 N–H and O–H groups in total. The lowest BCUT2D eigenvalue weighted by atomic mass is 9.82.